The van der Waals surface area contributed by atoms with Crippen LogP contribution in [0.4, 0.5) is 87.8 Å². The van der Waals surface area contributed by atoms with E-state index >= 15 is 35.1 Å². The molecule has 0 unspecified atom stereocenters. The van der Waals surface area contributed by atoms with Crippen LogP contribution in [-0.2, 0) is 0 Å². The molecule has 5 aromatic carbocycles. The van der Waals surface area contributed by atoms with Crippen molar-refractivity contribution in [2.75, 3.05) is 0 Å². The molecule has 0 amide bonds. The van der Waals surface area contributed by atoms with Gasteiger partial charge >= 0.3 is 5.97 Å². The maximum atomic E-state index is 15.7. The SMILES string of the molecule is CC(C)c1c(-c2c(F)c(F)c(F)c(F)c2F)c(-c2c(F)c(F)c(F)c(F)c2F)c(C(=O)O)c(-c2c(F)c(F)c(F)c(F)c2F)c1-c1c(F)c(F)c(F)c(F)c1F. The molecule has 56 heavy (non-hydrogen) atoms. The molecule has 0 saturated heterocycles. The maximum absolute atomic E-state index is 15.7. The molecule has 0 fully saturated rings. The van der Waals surface area contributed by atoms with E-state index in [2.05, 4.69) is 0 Å². The molecule has 0 aliphatic carbocycles. The third-order valence-electron chi connectivity index (χ3n) is 8.17. The molecule has 0 spiro atoms. The van der Waals surface area contributed by atoms with E-state index in [0.29, 0.717) is 13.8 Å². The Bertz CT molecular complexity index is 2320. The molecule has 0 radical (unpaired) electrons. The van der Waals surface area contributed by atoms with Crippen LogP contribution in [0.2, 0.25) is 0 Å². The first-order valence-electron chi connectivity index (χ1n) is 14.4. The van der Waals surface area contributed by atoms with Crippen molar-refractivity contribution in [3.05, 3.63) is 127 Å². The zero-order valence-electron chi connectivity index (χ0n) is 26.5. The first kappa shape index (κ1) is 41.3. The van der Waals surface area contributed by atoms with Crippen LogP contribution in [0, 0.1) is 116 Å². The van der Waals surface area contributed by atoms with Gasteiger partial charge in [0.1, 0.15) is 0 Å². The van der Waals surface area contributed by atoms with E-state index in [1.54, 1.807) is 0 Å². The predicted octanol–water partition coefficient (Wildman–Crippen LogP) is 12.0. The smallest absolute Gasteiger partial charge is 0.337 e. The lowest BCUT2D eigenvalue weighted by molar-refractivity contribution is 0.0698. The van der Waals surface area contributed by atoms with Gasteiger partial charge in [0.15, 0.2) is 93.1 Å². The molecule has 0 atom stereocenters. The Morgan fingerprint density at radius 3 is 0.625 bits per heavy atom. The molecule has 296 valence electrons. The number of benzene rings is 5. The fourth-order valence-corrected chi connectivity index (χ4v) is 5.88. The van der Waals surface area contributed by atoms with Gasteiger partial charge in [0.05, 0.1) is 27.8 Å². The molecule has 0 saturated carbocycles. The number of hydrogen-bond donors (Lipinski definition) is 1. The van der Waals surface area contributed by atoms with Crippen LogP contribution in [0.15, 0.2) is 0 Å². The van der Waals surface area contributed by atoms with E-state index in [4.69, 9.17) is 0 Å². The third-order valence-corrected chi connectivity index (χ3v) is 8.17. The second-order valence-corrected chi connectivity index (χ2v) is 11.5. The van der Waals surface area contributed by atoms with Crippen molar-refractivity contribution in [3.8, 4) is 44.5 Å². The molecule has 22 heteroatoms. The van der Waals surface area contributed by atoms with Crippen LogP contribution in [0.1, 0.15) is 35.7 Å². The van der Waals surface area contributed by atoms with Crippen molar-refractivity contribution < 1.29 is 97.7 Å². The Hall–Kier alpha value is -5.83. The molecule has 1 N–H and O–H groups in total. The normalized spacial score (nSPS) is 11.7. The Morgan fingerprint density at radius 1 is 0.304 bits per heavy atom. The van der Waals surface area contributed by atoms with Crippen molar-refractivity contribution in [2.24, 2.45) is 0 Å². The summed E-state index contributed by atoms with van der Waals surface area (Å²) < 4.78 is 300. The molecule has 2 nitrogen and oxygen atoms in total. The highest BCUT2D eigenvalue weighted by molar-refractivity contribution is 6.13. The van der Waals surface area contributed by atoms with Gasteiger partial charge in [-0.1, -0.05) is 13.8 Å². The summed E-state index contributed by atoms with van der Waals surface area (Å²) in [6, 6.07) is 0. The van der Waals surface area contributed by atoms with Crippen molar-refractivity contribution in [2.45, 2.75) is 19.8 Å². The number of carbonyl (C=O) groups is 1. The first-order valence-corrected chi connectivity index (χ1v) is 14.4. The zero-order valence-corrected chi connectivity index (χ0v) is 26.5. The monoisotopic (exact) mass is 828 g/mol. The lowest BCUT2D eigenvalue weighted by atomic mass is 9.73. The fourth-order valence-electron chi connectivity index (χ4n) is 5.88. The van der Waals surface area contributed by atoms with Crippen LogP contribution >= 0.6 is 0 Å². The van der Waals surface area contributed by atoms with Gasteiger partial charge in [0.2, 0.25) is 23.3 Å². The minimum atomic E-state index is -3.24. The number of halogens is 20. The summed E-state index contributed by atoms with van der Waals surface area (Å²) in [6.07, 6.45) is 0. The highest BCUT2D eigenvalue weighted by atomic mass is 19.2. The Morgan fingerprint density at radius 2 is 0.464 bits per heavy atom. The Labute approximate surface area is 295 Å². The van der Waals surface area contributed by atoms with Gasteiger partial charge in [-0.15, -0.1) is 0 Å². The highest BCUT2D eigenvalue weighted by Crippen LogP contribution is 2.55. The van der Waals surface area contributed by atoms with E-state index in [1.165, 1.54) is 0 Å². The van der Waals surface area contributed by atoms with Gasteiger partial charge in [-0.05, 0) is 11.5 Å². The Kier molecular flexibility index (Phi) is 10.4. The van der Waals surface area contributed by atoms with E-state index < -0.39 is 184 Å². The van der Waals surface area contributed by atoms with Gasteiger partial charge in [-0.3, -0.25) is 0 Å². The number of rotatable bonds is 6. The molecule has 5 rings (SSSR count). The standard InChI is InChI=1S/C34H8F20O2/c1-3(2)4-5(10-14(35)22(43)30(51)23(44)15(10)36)7(12-18(39)26(47)32(53)27(48)19(12)40)9(34(55)56)8(13-20(41)28(49)33(54)29(50)21(13)42)6(4)11-16(37)24(45)31(52)25(46)17(11)38/h3H,1-2H3,(H,55,56). The molecular formula is C34H8F20O2. The van der Waals surface area contributed by atoms with Gasteiger partial charge in [0, 0.05) is 22.3 Å². The summed E-state index contributed by atoms with van der Waals surface area (Å²) in [5, 5.41) is 10.4. The van der Waals surface area contributed by atoms with Crippen molar-refractivity contribution >= 4 is 5.97 Å². The number of carboxylic acid groups (broad SMARTS) is 1. The lowest BCUT2D eigenvalue weighted by Crippen LogP contribution is -2.18. The van der Waals surface area contributed by atoms with Gasteiger partial charge in [-0.25, -0.2) is 92.6 Å². The number of carboxylic acids is 1. The van der Waals surface area contributed by atoms with Crippen LogP contribution in [-0.4, -0.2) is 11.1 Å². The number of aromatic carboxylic acids is 1. The summed E-state index contributed by atoms with van der Waals surface area (Å²) in [7, 11) is 0. The van der Waals surface area contributed by atoms with Crippen LogP contribution in [0.25, 0.3) is 44.5 Å². The molecule has 0 heterocycles. The highest BCUT2D eigenvalue weighted by Gasteiger charge is 2.43. The summed E-state index contributed by atoms with van der Waals surface area (Å²) in [5.74, 6) is -68.9. The summed E-state index contributed by atoms with van der Waals surface area (Å²) >= 11 is 0. The maximum Gasteiger partial charge on any atom is 0.337 e. The summed E-state index contributed by atoms with van der Waals surface area (Å²) in [5.41, 5.74) is -26.1. The van der Waals surface area contributed by atoms with Crippen LogP contribution < -0.4 is 0 Å². The topological polar surface area (TPSA) is 37.3 Å². The summed E-state index contributed by atoms with van der Waals surface area (Å²) in [6.45, 7) is 1.04. The van der Waals surface area contributed by atoms with Crippen molar-refractivity contribution in [3.63, 3.8) is 0 Å². The van der Waals surface area contributed by atoms with Gasteiger partial charge < -0.3 is 5.11 Å². The van der Waals surface area contributed by atoms with E-state index in [9.17, 15) is 62.6 Å². The molecule has 0 aliphatic heterocycles. The second-order valence-electron chi connectivity index (χ2n) is 11.5. The summed E-state index contributed by atoms with van der Waals surface area (Å²) in [4.78, 5) is 13.1. The Balaban J connectivity index is 2.45. The van der Waals surface area contributed by atoms with E-state index in [1.807, 2.05) is 0 Å². The van der Waals surface area contributed by atoms with Gasteiger partial charge in [0.25, 0.3) is 0 Å². The van der Waals surface area contributed by atoms with Crippen molar-refractivity contribution in [1.82, 2.24) is 0 Å². The fraction of sp³-hybridized carbons (Fsp3) is 0.0882. The first-order chi connectivity index (χ1) is 25.9. The van der Waals surface area contributed by atoms with E-state index in [-0.39, 0.29) is 0 Å². The minimum Gasteiger partial charge on any atom is -0.478 e. The average Bonchev–Trinajstić information content (AvgIpc) is 3.15. The zero-order chi connectivity index (χ0) is 42.5. The molecular weight excluding hydrogens is 820 g/mol. The van der Waals surface area contributed by atoms with Crippen LogP contribution in [0.5, 0.6) is 0 Å². The second kappa shape index (κ2) is 14.0. The molecule has 0 bridgehead atoms. The quantitative estimate of drug-likeness (QED) is 0.105. The van der Waals surface area contributed by atoms with E-state index in [0.717, 1.165) is 0 Å². The largest absolute Gasteiger partial charge is 0.478 e. The third kappa shape index (κ3) is 5.61. The molecule has 0 aliphatic rings. The van der Waals surface area contributed by atoms with Gasteiger partial charge in [-0.2, -0.15) is 0 Å². The predicted molar refractivity (Wildman–Crippen MR) is 148 cm³/mol. The molecule has 5 aromatic rings. The lowest BCUT2D eigenvalue weighted by Gasteiger charge is -2.29. The average molecular weight is 828 g/mol. The minimum absolute atomic E-state index is 0.519. The molecule has 0 aromatic heterocycles. The van der Waals surface area contributed by atoms with Crippen LogP contribution in [0.3, 0.4) is 0 Å². The van der Waals surface area contributed by atoms with Crippen molar-refractivity contribution in [1.29, 1.82) is 0 Å². The number of hydrogen-bond acceptors (Lipinski definition) is 1.